The Morgan fingerprint density at radius 1 is 1.41 bits per heavy atom. The number of nitrogens with two attached hydrogens (primary N) is 1. The topological polar surface area (TPSA) is 50.9 Å². The number of thiazole rings is 1. The third-order valence-corrected chi connectivity index (χ3v) is 4.20. The standard InChI is InChI=1S/C13H15N3S/c1-8-4-5-9(7-10(8)14)12-16-11-3-2-6-15-13(11)17-12/h4-5,7,15H,2-3,6,14H2,1H3. The monoisotopic (exact) mass is 245 g/mol. The molecule has 0 bridgehead atoms. The number of fused-ring (bicyclic) bond motifs is 1. The lowest BCUT2D eigenvalue weighted by Crippen LogP contribution is -2.09. The van der Waals surface area contributed by atoms with Gasteiger partial charge in [-0.2, -0.15) is 0 Å². The largest absolute Gasteiger partial charge is 0.398 e. The smallest absolute Gasteiger partial charge is 0.125 e. The van der Waals surface area contributed by atoms with E-state index in [2.05, 4.69) is 17.4 Å². The van der Waals surface area contributed by atoms with E-state index in [0.717, 1.165) is 34.8 Å². The fourth-order valence-electron chi connectivity index (χ4n) is 2.01. The van der Waals surface area contributed by atoms with Crippen LogP contribution in [0.2, 0.25) is 0 Å². The molecular weight excluding hydrogens is 230 g/mol. The Hall–Kier alpha value is -1.55. The van der Waals surface area contributed by atoms with Gasteiger partial charge in [-0.15, -0.1) is 0 Å². The molecule has 0 saturated carbocycles. The van der Waals surface area contributed by atoms with Crippen LogP contribution in [0, 0.1) is 6.92 Å². The fourth-order valence-corrected chi connectivity index (χ4v) is 3.05. The van der Waals surface area contributed by atoms with Crippen molar-refractivity contribution in [2.45, 2.75) is 19.8 Å². The summed E-state index contributed by atoms with van der Waals surface area (Å²) in [5, 5.41) is 5.70. The highest BCUT2D eigenvalue weighted by Crippen LogP contribution is 2.35. The number of nitrogens with zero attached hydrogens (tertiary/aromatic N) is 1. The maximum atomic E-state index is 5.94. The van der Waals surface area contributed by atoms with Gasteiger partial charge in [-0.25, -0.2) is 4.98 Å². The Labute approximate surface area is 105 Å². The summed E-state index contributed by atoms with van der Waals surface area (Å²) in [4.78, 5) is 4.69. The molecule has 0 radical (unpaired) electrons. The number of aromatic nitrogens is 1. The third-order valence-electron chi connectivity index (χ3n) is 3.10. The number of aryl methyl sites for hydroxylation is 2. The lowest BCUT2D eigenvalue weighted by atomic mass is 10.1. The van der Waals surface area contributed by atoms with Crippen molar-refractivity contribution in [3.8, 4) is 10.6 Å². The van der Waals surface area contributed by atoms with Crippen LogP contribution >= 0.6 is 11.3 Å². The Balaban J connectivity index is 2.03. The molecule has 1 aromatic heterocycles. The van der Waals surface area contributed by atoms with Crippen LogP contribution < -0.4 is 11.1 Å². The Kier molecular flexibility index (Phi) is 2.52. The first kappa shape index (κ1) is 10.6. The number of nitrogens with one attached hydrogen (secondary N) is 1. The average Bonchev–Trinajstić information content (AvgIpc) is 2.76. The van der Waals surface area contributed by atoms with Gasteiger partial charge in [0.2, 0.25) is 0 Å². The highest BCUT2D eigenvalue weighted by molar-refractivity contribution is 7.19. The van der Waals surface area contributed by atoms with Gasteiger partial charge < -0.3 is 11.1 Å². The summed E-state index contributed by atoms with van der Waals surface area (Å²) in [5.41, 5.74) is 10.2. The van der Waals surface area contributed by atoms with Gasteiger partial charge >= 0.3 is 0 Å². The van der Waals surface area contributed by atoms with Crippen LogP contribution in [0.15, 0.2) is 18.2 Å². The van der Waals surface area contributed by atoms with Crippen molar-refractivity contribution in [2.24, 2.45) is 0 Å². The van der Waals surface area contributed by atoms with E-state index in [-0.39, 0.29) is 0 Å². The van der Waals surface area contributed by atoms with Gasteiger partial charge in [-0.05, 0) is 31.4 Å². The van der Waals surface area contributed by atoms with Crippen LogP contribution in [0.4, 0.5) is 10.7 Å². The Morgan fingerprint density at radius 2 is 2.29 bits per heavy atom. The minimum absolute atomic E-state index is 0.837. The molecule has 0 amide bonds. The van der Waals surface area contributed by atoms with Crippen molar-refractivity contribution in [3.05, 3.63) is 29.5 Å². The van der Waals surface area contributed by atoms with Crippen molar-refractivity contribution in [2.75, 3.05) is 17.6 Å². The summed E-state index contributed by atoms with van der Waals surface area (Å²) < 4.78 is 0. The number of benzene rings is 1. The van der Waals surface area contributed by atoms with E-state index >= 15 is 0 Å². The van der Waals surface area contributed by atoms with E-state index in [1.165, 1.54) is 17.1 Å². The highest BCUT2D eigenvalue weighted by Gasteiger charge is 2.15. The highest BCUT2D eigenvalue weighted by atomic mass is 32.1. The van der Waals surface area contributed by atoms with Crippen LogP contribution in [0.5, 0.6) is 0 Å². The van der Waals surface area contributed by atoms with Gasteiger partial charge in [0, 0.05) is 17.8 Å². The van der Waals surface area contributed by atoms with Crippen molar-refractivity contribution in [1.29, 1.82) is 0 Å². The second kappa shape index (κ2) is 4.04. The van der Waals surface area contributed by atoms with Crippen LogP contribution in [-0.2, 0) is 6.42 Å². The molecule has 0 spiro atoms. The van der Waals surface area contributed by atoms with Gasteiger partial charge in [-0.3, -0.25) is 0 Å². The second-order valence-corrected chi connectivity index (χ2v) is 5.40. The summed E-state index contributed by atoms with van der Waals surface area (Å²) in [6.45, 7) is 3.08. The van der Waals surface area contributed by atoms with Gasteiger partial charge in [0.1, 0.15) is 10.0 Å². The maximum absolute atomic E-state index is 5.94. The van der Waals surface area contributed by atoms with Crippen LogP contribution in [0.3, 0.4) is 0 Å². The minimum Gasteiger partial charge on any atom is -0.398 e. The summed E-state index contributed by atoms with van der Waals surface area (Å²) in [5.74, 6) is 0. The molecule has 0 atom stereocenters. The van der Waals surface area contributed by atoms with E-state index in [1.807, 2.05) is 13.0 Å². The zero-order chi connectivity index (χ0) is 11.8. The number of anilines is 2. The van der Waals surface area contributed by atoms with Gasteiger partial charge in [0.25, 0.3) is 0 Å². The number of rotatable bonds is 1. The molecule has 2 heterocycles. The van der Waals surface area contributed by atoms with Crippen LogP contribution in [-0.4, -0.2) is 11.5 Å². The van der Waals surface area contributed by atoms with E-state index in [4.69, 9.17) is 10.7 Å². The maximum Gasteiger partial charge on any atom is 0.125 e. The molecule has 88 valence electrons. The fraction of sp³-hybridized carbons (Fsp3) is 0.308. The number of hydrogen-bond donors (Lipinski definition) is 2. The van der Waals surface area contributed by atoms with E-state index in [1.54, 1.807) is 11.3 Å². The molecule has 3 rings (SSSR count). The van der Waals surface area contributed by atoms with Gasteiger partial charge in [0.15, 0.2) is 0 Å². The first-order valence-corrected chi connectivity index (χ1v) is 6.66. The predicted octanol–water partition coefficient (Wildman–Crippen LogP) is 3.06. The molecule has 1 aliphatic heterocycles. The summed E-state index contributed by atoms with van der Waals surface area (Å²) >= 11 is 1.73. The van der Waals surface area contributed by atoms with E-state index in [0.29, 0.717) is 0 Å². The van der Waals surface area contributed by atoms with Gasteiger partial charge in [0.05, 0.1) is 5.69 Å². The molecule has 4 heteroatoms. The summed E-state index contributed by atoms with van der Waals surface area (Å²) in [6.07, 6.45) is 2.26. The molecule has 17 heavy (non-hydrogen) atoms. The average molecular weight is 245 g/mol. The zero-order valence-corrected chi connectivity index (χ0v) is 10.6. The van der Waals surface area contributed by atoms with E-state index in [9.17, 15) is 0 Å². The lowest BCUT2D eigenvalue weighted by Gasteiger charge is -2.10. The third kappa shape index (κ3) is 1.89. The van der Waals surface area contributed by atoms with Crippen molar-refractivity contribution < 1.29 is 0 Å². The molecule has 1 aliphatic rings. The molecule has 3 nitrogen and oxygen atoms in total. The van der Waals surface area contributed by atoms with Crippen LogP contribution in [0.25, 0.3) is 10.6 Å². The Morgan fingerprint density at radius 3 is 3.06 bits per heavy atom. The molecule has 0 fully saturated rings. The first-order chi connectivity index (χ1) is 8.24. The second-order valence-electron chi connectivity index (χ2n) is 4.40. The first-order valence-electron chi connectivity index (χ1n) is 5.84. The molecule has 1 aromatic carbocycles. The minimum atomic E-state index is 0.837. The number of hydrogen-bond acceptors (Lipinski definition) is 4. The van der Waals surface area contributed by atoms with Gasteiger partial charge in [-0.1, -0.05) is 23.5 Å². The van der Waals surface area contributed by atoms with Crippen LogP contribution in [0.1, 0.15) is 17.7 Å². The van der Waals surface area contributed by atoms with E-state index < -0.39 is 0 Å². The molecule has 3 N–H and O–H groups in total. The lowest BCUT2D eigenvalue weighted by molar-refractivity contribution is 0.814. The zero-order valence-electron chi connectivity index (χ0n) is 9.79. The molecule has 0 unspecified atom stereocenters. The Bertz CT molecular complexity index is 536. The quantitative estimate of drug-likeness (QED) is 0.759. The normalized spacial score (nSPS) is 14.2. The summed E-state index contributed by atoms with van der Waals surface area (Å²) in [7, 11) is 0. The number of nitrogen functional groups attached to an aromatic ring is 1. The molecule has 0 aliphatic carbocycles. The SMILES string of the molecule is Cc1ccc(-c2nc3c(s2)NCCC3)cc1N. The molecule has 0 saturated heterocycles. The van der Waals surface area contributed by atoms with Crippen molar-refractivity contribution in [1.82, 2.24) is 4.98 Å². The van der Waals surface area contributed by atoms with Crippen molar-refractivity contribution in [3.63, 3.8) is 0 Å². The van der Waals surface area contributed by atoms with Crippen molar-refractivity contribution >= 4 is 22.0 Å². The molecule has 2 aromatic rings. The summed E-state index contributed by atoms with van der Waals surface area (Å²) in [6, 6.07) is 6.16. The predicted molar refractivity (Wildman–Crippen MR) is 73.5 cm³/mol. The molecular formula is C13H15N3S.